The van der Waals surface area contributed by atoms with Gasteiger partial charge in [-0.25, -0.2) is 4.39 Å². The van der Waals surface area contributed by atoms with Crippen LogP contribution in [0.25, 0.3) is 0 Å². The molecule has 1 saturated heterocycles. The second-order valence-electron chi connectivity index (χ2n) is 5.41. The van der Waals surface area contributed by atoms with Gasteiger partial charge in [-0.1, -0.05) is 29.8 Å². The van der Waals surface area contributed by atoms with Crippen LogP contribution in [0.2, 0.25) is 5.02 Å². The third-order valence-corrected chi connectivity index (χ3v) is 3.96. The van der Waals surface area contributed by atoms with Crippen LogP contribution >= 0.6 is 11.6 Å². The van der Waals surface area contributed by atoms with Crippen LogP contribution < -0.4 is 5.32 Å². The van der Waals surface area contributed by atoms with Crippen molar-refractivity contribution in [2.75, 3.05) is 33.4 Å². The smallest absolute Gasteiger partial charge is 0.234 e. The molecule has 1 heterocycles. The number of likely N-dealkylation sites (tertiary alicyclic amines) is 1. The Morgan fingerprint density at radius 1 is 1.52 bits per heavy atom. The monoisotopic (exact) mass is 314 g/mol. The number of nitrogens with zero attached hydrogens (tertiary/aromatic N) is 1. The van der Waals surface area contributed by atoms with Gasteiger partial charge in [0.05, 0.1) is 13.2 Å². The largest absolute Gasteiger partial charge is 0.381 e. The Kier molecular flexibility index (Phi) is 5.56. The molecular weight excluding hydrogens is 295 g/mol. The number of alkyl halides is 1. The predicted molar refractivity (Wildman–Crippen MR) is 80.1 cm³/mol. The molecule has 2 rings (SSSR count). The standard InChI is InChI=1S/C15H20ClFN2O2/c1-21-11-15(17)6-7-19(10-15)9-14(20)18-8-12-4-2-3-5-13(12)16/h2-5H,6-11H2,1H3,(H,18,20). The van der Waals surface area contributed by atoms with Crippen molar-refractivity contribution in [3.8, 4) is 0 Å². The first-order valence-electron chi connectivity index (χ1n) is 6.93. The summed E-state index contributed by atoms with van der Waals surface area (Å²) in [5, 5.41) is 3.43. The Bertz CT molecular complexity index is 500. The number of amides is 1. The van der Waals surface area contributed by atoms with E-state index in [0.717, 1.165) is 5.56 Å². The highest BCUT2D eigenvalue weighted by molar-refractivity contribution is 6.31. The van der Waals surface area contributed by atoms with E-state index >= 15 is 0 Å². The zero-order valence-electron chi connectivity index (χ0n) is 12.1. The normalized spacial score (nSPS) is 22.4. The second kappa shape index (κ2) is 7.20. The lowest BCUT2D eigenvalue weighted by Crippen LogP contribution is -2.39. The fourth-order valence-electron chi connectivity index (χ4n) is 2.52. The summed E-state index contributed by atoms with van der Waals surface area (Å²) >= 11 is 6.02. The lowest BCUT2D eigenvalue weighted by atomic mass is 10.1. The Morgan fingerprint density at radius 2 is 2.29 bits per heavy atom. The molecule has 6 heteroatoms. The van der Waals surface area contributed by atoms with Crippen LogP contribution in [0, 0.1) is 0 Å². The highest BCUT2D eigenvalue weighted by atomic mass is 35.5. The molecule has 1 unspecified atom stereocenters. The molecule has 0 radical (unpaired) electrons. The van der Waals surface area contributed by atoms with Crippen molar-refractivity contribution in [2.45, 2.75) is 18.6 Å². The lowest BCUT2D eigenvalue weighted by Gasteiger charge is -2.19. The minimum atomic E-state index is -1.34. The third kappa shape index (κ3) is 4.66. The molecule has 4 nitrogen and oxygen atoms in total. The molecular formula is C15H20ClFN2O2. The number of hydrogen-bond donors (Lipinski definition) is 1. The van der Waals surface area contributed by atoms with Crippen molar-refractivity contribution in [1.82, 2.24) is 10.2 Å². The number of carbonyl (C=O) groups is 1. The zero-order valence-corrected chi connectivity index (χ0v) is 12.8. The number of halogens is 2. The fourth-order valence-corrected chi connectivity index (χ4v) is 2.73. The molecule has 21 heavy (non-hydrogen) atoms. The molecule has 1 aromatic rings. The van der Waals surface area contributed by atoms with E-state index in [1.54, 1.807) is 11.0 Å². The molecule has 1 aromatic carbocycles. The average molecular weight is 315 g/mol. The second-order valence-corrected chi connectivity index (χ2v) is 5.82. The van der Waals surface area contributed by atoms with Gasteiger partial charge in [0.2, 0.25) is 5.91 Å². The molecule has 1 atom stereocenters. The maximum Gasteiger partial charge on any atom is 0.234 e. The van der Waals surface area contributed by atoms with Gasteiger partial charge in [0, 0.05) is 31.8 Å². The summed E-state index contributed by atoms with van der Waals surface area (Å²) in [6.07, 6.45) is 0.401. The maximum absolute atomic E-state index is 14.2. The van der Waals surface area contributed by atoms with E-state index in [1.807, 2.05) is 18.2 Å². The minimum absolute atomic E-state index is 0.0741. The average Bonchev–Trinajstić information content (AvgIpc) is 2.79. The van der Waals surface area contributed by atoms with E-state index in [2.05, 4.69) is 5.32 Å². The summed E-state index contributed by atoms with van der Waals surface area (Å²) in [7, 11) is 1.49. The van der Waals surface area contributed by atoms with Crippen LogP contribution in [-0.2, 0) is 16.1 Å². The molecule has 116 valence electrons. The summed E-state index contributed by atoms with van der Waals surface area (Å²) in [5.74, 6) is -0.128. The van der Waals surface area contributed by atoms with Crippen LogP contribution in [0.15, 0.2) is 24.3 Å². The van der Waals surface area contributed by atoms with Crippen LogP contribution in [0.1, 0.15) is 12.0 Å². The summed E-state index contributed by atoms with van der Waals surface area (Å²) < 4.78 is 19.1. The first-order chi connectivity index (χ1) is 10.0. The Hall–Kier alpha value is -1.17. The Morgan fingerprint density at radius 3 is 3.00 bits per heavy atom. The highest BCUT2D eigenvalue weighted by Crippen LogP contribution is 2.25. The summed E-state index contributed by atoms with van der Waals surface area (Å²) in [4.78, 5) is 13.7. The van der Waals surface area contributed by atoms with Crippen LogP contribution in [0.4, 0.5) is 4.39 Å². The first kappa shape index (κ1) is 16.2. The van der Waals surface area contributed by atoms with Crippen LogP contribution in [0.3, 0.4) is 0 Å². The van der Waals surface area contributed by atoms with Gasteiger partial charge in [-0.05, 0) is 18.1 Å². The zero-order chi connectivity index (χ0) is 15.3. The van der Waals surface area contributed by atoms with E-state index < -0.39 is 5.67 Å². The lowest BCUT2D eigenvalue weighted by molar-refractivity contribution is -0.122. The first-order valence-corrected chi connectivity index (χ1v) is 7.30. The van der Waals surface area contributed by atoms with Crippen molar-refractivity contribution in [3.63, 3.8) is 0 Å². The molecule has 1 amide bonds. The number of ether oxygens (including phenoxy) is 1. The highest BCUT2D eigenvalue weighted by Gasteiger charge is 2.38. The van der Waals surface area contributed by atoms with Gasteiger partial charge in [0.1, 0.15) is 5.67 Å². The number of nitrogens with one attached hydrogen (secondary N) is 1. The quantitative estimate of drug-likeness (QED) is 0.873. The van der Waals surface area contributed by atoms with E-state index in [4.69, 9.17) is 16.3 Å². The molecule has 0 bridgehead atoms. The van der Waals surface area contributed by atoms with Crippen molar-refractivity contribution in [2.24, 2.45) is 0 Å². The number of rotatable bonds is 6. The number of hydrogen-bond acceptors (Lipinski definition) is 3. The van der Waals surface area contributed by atoms with Gasteiger partial charge in [-0.2, -0.15) is 0 Å². The van der Waals surface area contributed by atoms with Gasteiger partial charge < -0.3 is 10.1 Å². The van der Waals surface area contributed by atoms with E-state index in [0.29, 0.717) is 24.5 Å². The van der Waals surface area contributed by atoms with Crippen LogP contribution in [0.5, 0.6) is 0 Å². The van der Waals surface area contributed by atoms with E-state index in [-0.39, 0.29) is 25.6 Å². The van der Waals surface area contributed by atoms with Gasteiger partial charge in [-0.15, -0.1) is 0 Å². The molecule has 1 N–H and O–H groups in total. The van der Waals surface area contributed by atoms with Crippen molar-refractivity contribution in [3.05, 3.63) is 34.9 Å². The summed E-state index contributed by atoms with van der Waals surface area (Å²) in [5.41, 5.74) is -0.467. The topological polar surface area (TPSA) is 41.6 Å². The number of benzene rings is 1. The van der Waals surface area contributed by atoms with E-state index in [9.17, 15) is 9.18 Å². The molecule has 1 fully saturated rings. The molecule has 0 aliphatic carbocycles. The molecule has 1 aliphatic heterocycles. The third-order valence-electron chi connectivity index (χ3n) is 3.59. The van der Waals surface area contributed by atoms with E-state index in [1.165, 1.54) is 7.11 Å². The molecule has 0 aromatic heterocycles. The minimum Gasteiger partial charge on any atom is -0.381 e. The molecule has 0 saturated carbocycles. The van der Waals surface area contributed by atoms with Crippen molar-refractivity contribution >= 4 is 17.5 Å². The summed E-state index contributed by atoms with van der Waals surface area (Å²) in [6.45, 7) is 1.45. The van der Waals surface area contributed by atoms with Gasteiger partial charge in [0.15, 0.2) is 0 Å². The van der Waals surface area contributed by atoms with Crippen molar-refractivity contribution < 1.29 is 13.9 Å². The predicted octanol–water partition coefficient (Wildman–Crippen LogP) is 2.02. The van der Waals surface area contributed by atoms with Gasteiger partial charge >= 0.3 is 0 Å². The molecule has 0 spiro atoms. The number of carbonyl (C=O) groups excluding carboxylic acids is 1. The van der Waals surface area contributed by atoms with Crippen molar-refractivity contribution in [1.29, 1.82) is 0 Å². The Balaban J connectivity index is 1.77. The fraction of sp³-hybridized carbons (Fsp3) is 0.533. The SMILES string of the molecule is COCC1(F)CCN(CC(=O)NCc2ccccc2Cl)C1. The number of methoxy groups -OCH3 is 1. The van der Waals surface area contributed by atoms with Crippen LogP contribution in [-0.4, -0.2) is 49.8 Å². The Labute approximate surface area is 129 Å². The summed E-state index contributed by atoms with van der Waals surface area (Å²) in [6, 6.07) is 7.36. The maximum atomic E-state index is 14.2. The van der Waals surface area contributed by atoms with Gasteiger partial charge in [-0.3, -0.25) is 9.69 Å². The molecule has 1 aliphatic rings. The van der Waals surface area contributed by atoms with Gasteiger partial charge in [0.25, 0.3) is 0 Å².